The lowest BCUT2D eigenvalue weighted by Crippen LogP contribution is -2.66. The second-order valence-corrected chi connectivity index (χ2v) is 15.8. The molecule has 0 unspecified atom stereocenters. The van der Waals surface area contributed by atoms with Crippen molar-refractivity contribution in [1.82, 2.24) is 0 Å². The molecule has 0 saturated heterocycles. The van der Waals surface area contributed by atoms with E-state index in [-0.39, 0.29) is 17.5 Å². The Morgan fingerprint density at radius 1 is 0.765 bits per heavy atom. The Morgan fingerprint density at radius 3 is 2.12 bits per heavy atom. The molecule has 0 aromatic heterocycles. The van der Waals surface area contributed by atoms with Crippen LogP contribution in [-0.2, 0) is 9.53 Å². The van der Waals surface area contributed by atoms with E-state index in [2.05, 4.69) is 55.4 Å². The predicted octanol–water partition coefficient (Wildman–Crippen LogP) is 8.68. The van der Waals surface area contributed by atoms with Crippen molar-refractivity contribution in [1.29, 1.82) is 0 Å². The molecule has 2 heteroatoms. The van der Waals surface area contributed by atoms with Crippen LogP contribution in [0, 0.1) is 62.6 Å². The Bertz CT molecular complexity index is 829. The summed E-state index contributed by atoms with van der Waals surface area (Å²) in [5.41, 5.74) is 1.94. The molecule has 2 nitrogen and oxygen atoms in total. The van der Waals surface area contributed by atoms with Crippen LogP contribution in [0.3, 0.4) is 0 Å². The molecule has 5 aliphatic carbocycles. The van der Waals surface area contributed by atoms with E-state index in [0.717, 1.165) is 36.0 Å². The third-order valence-electron chi connectivity index (χ3n) is 14.0. The Balaban J connectivity index is 1.49. The van der Waals surface area contributed by atoms with Gasteiger partial charge in [0, 0.05) is 12.3 Å². The highest BCUT2D eigenvalue weighted by molar-refractivity contribution is 5.66. The maximum Gasteiger partial charge on any atom is 0.302 e. The lowest BCUT2D eigenvalue weighted by Gasteiger charge is -2.73. The van der Waals surface area contributed by atoms with Crippen molar-refractivity contribution in [3.05, 3.63) is 0 Å². The highest BCUT2D eigenvalue weighted by Gasteiger charge is 2.70. The number of fused-ring (bicyclic) bond motifs is 7. The summed E-state index contributed by atoms with van der Waals surface area (Å²) in [6, 6.07) is 0. The van der Waals surface area contributed by atoms with Crippen molar-refractivity contribution in [3.8, 4) is 0 Å². The topological polar surface area (TPSA) is 26.3 Å². The largest absolute Gasteiger partial charge is 0.462 e. The first-order valence-electron chi connectivity index (χ1n) is 14.9. The van der Waals surface area contributed by atoms with E-state index in [9.17, 15) is 4.79 Å². The number of hydrogen-bond donors (Lipinski definition) is 0. The van der Waals surface area contributed by atoms with E-state index in [4.69, 9.17) is 4.74 Å². The van der Waals surface area contributed by atoms with Crippen molar-refractivity contribution in [2.45, 2.75) is 133 Å². The lowest BCUT2D eigenvalue weighted by molar-refractivity contribution is -0.250. The van der Waals surface area contributed by atoms with Crippen LogP contribution in [0.15, 0.2) is 0 Å². The number of carbonyl (C=O) groups is 1. The quantitative estimate of drug-likeness (QED) is 0.377. The molecule has 0 bridgehead atoms. The van der Waals surface area contributed by atoms with E-state index >= 15 is 0 Å². The van der Waals surface area contributed by atoms with Crippen molar-refractivity contribution in [2.75, 3.05) is 0 Å². The van der Waals surface area contributed by atoms with Gasteiger partial charge in [-0.2, -0.15) is 0 Å². The third kappa shape index (κ3) is 3.14. The Hall–Kier alpha value is -0.530. The van der Waals surface area contributed by atoms with Crippen LogP contribution in [0.5, 0.6) is 0 Å². The molecule has 10 atom stereocenters. The minimum atomic E-state index is -0.100. The number of rotatable bonds is 2. The number of esters is 1. The molecule has 5 rings (SSSR count). The fourth-order valence-electron chi connectivity index (χ4n) is 12.1. The molecule has 5 fully saturated rings. The van der Waals surface area contributed by atoms with E-state index in [0.29, 0.717) is 27.6 Å². The highest BCUT2D eigenvalue weighted by Crippen LogP contribution is 2.77. The molecule has 0 amide bonds. The highest BCUT2D eigenvalue weighted by atomic mass is 16.5. The summed E-state index contributed by atoms with van der Waals surface area (Å²) in [5.74, 6) is 4.96. The summed E-state index contributed by atoms with van der Waals surface area (Å²) in [6.45, 7) is 22.3. The van der Waals surface area contributed by atoms with Crippen LogP contribution >= 0.6 is 0 Å². The molecule has 5 saturated carbocycles. The van der Waals surface area contributed by atoms with Gasteiger partial charge in [-0.15, -0.1) is 0 Å². The van der Waals surface area contributed by atoms with Gasteiger partial charge in [0.05, 0.1) is 0 Å². The molecule has 0 spiro atoms. The zero-order valence-corrected chi connectivity index (χ0v) is 23.9. The van der Waals surface area contributed by atoms with Gasteiger partial charge in [0.1, 0.15) is 6.10 Å². The van der Waals surface area contributed by atoms with Gasteiger partial charge in [-0.25, -0.2) is 0 Å². The molecular formula is C32H54O2. The average molecular weight is 471 g/mol. The van der Waals surface area contributed by atoms with Crippen LogP contribution < -0.4 is 0 Å². The fourth-order valence-corrected chi connectivity index (χ4v) is 12.1. The Kier molecular flexibility index (Phi) is 5.72. The molecular weight excluding hydrogens is 416 g/mol. The normalized spacial score (nSPS) is 53.9. The van der Waals surface area contributed by atoms with Gasteiger partial charge >= 0.3 is 5.97 Å². The predicted molar refractivity (Wildman–Crippen MR) is 140 cm³/mol. The van der Waals surface area contributed by atoms with E-state index in [1.54, 1.807) is 6.92 Å². The van der Waals surface area contributed by atoms with Gasteiger partial charge in [-0.1, -0.05) is 55.4 Å². The SMILES string of the molecule is CC(=O)O[C@@H]1CC[C@@]2(C)[C@@H](CC[C@]3(C)[C@H]2CC[C@@H]2[C@H]4[C@H](C(C)C)CC[C@@]4(C)CC[C@]23C)C1(C)C. The van der Waals surface area contributed by atoms with Gasteiger partial charge < -0.3 is 4.74 Å². The summed E-state index contributed by atoms with van der Waals surface area (Å²) >= 11 is 0. The van der Waals surface area contributed by atoms with E-state index in [1.807, 2.05) is 0 Å². The molecule has 34 heavy (non-hydrogen) atoms. The first kappa shape index (κ1) is 25.1. The van der Waals surface area contributed by atoms with Crippen molar-refractivity contribution >= 4 is 5.97 Å². The maximum atomic E-state index is 11.9. The van der Waals surface area contributed by atoms with Gasteiger partial charge in [-0.3, -0.25) is 4.79 Å². The van der Waals surface area contributed by atoms with Crippen molar-refractivity contribution < 1.29 is 9.53 Å². The summed E-state index contributed by atoms with van der Waals surface area (Å²) < 4.78 is 5.92. The summed E-state index contributed by atoms with van der Waals surface area (Å²) in [4.78, 5) is 11.9. The zero-order valence-electron chi connectivity index (χ0n) is 23.9. The summed E-state index contributed by atoms with van der Waals surface area (Å²) in [7, 11) is 0. The second kappa shape index (κ2) is 7.74. The van der Waals surface area contributed by atoms with Crippen LogP contribution in [0.1, 0.15) is 127 Å². The van der Waals surface area contributed by atoms with Crippen LogP contribution in [0.2, 0.25) is 0 Å². The average Bonchev–Trinajstić information content (AvgIpc) is 3.08. The van der Waals surface area contributed by atoms with Gasteiger partial charge in [0.25, 0.3) is 0 Å². The first-order valence-corrected chi connectivity index (χ1v) is 14.9. The molecule has 194 valence electrons. The van der Waals surface area contributed by atoms with Crippen molar-refractivity contribution in [3.63, 3.8) is 0 Å². The van der Waals surface area contributed by atoms with Crippen LogP contribution in [-0.4, -0.2) is 12.1 Å². The molecule has 0 radical (unpaired) electrons. The zero-order chi connectivity index (χ0) is 24.9. The molecule has 0 aromatic rings. The van der Waals surface area contributed by atoms with Gasteiger partial charge in [-0.05, 0) is 121 Å². The smallest absolute Gasteiger partial charge is 0.302 e. The standard InChI is InChI=1S/C32H54O2/c1-20(2)22-12-15-29(6)18-19-31(8)23(27(22)29)10-11-25-30(7)16-14-26(34-21(3)33)28(4,5)24(30)13-17-32(25,31)9/h20,22-27H,10-19H2,1-9H3/t22-,23+,24-,25-,26+,27+,29-,30-,31+,32+/m0/s1. The van der Waals surface area contributed by atoms with Crippen LogP contribution in [0.25, 0.3) is 0 Å². The fraction of sp³-hybridized carbons (Fsp3) is 0.969. The van der Waals surface area contributed by atoms with Gasteiger partial charge in [0.2, 0.25) is 0 Å². The second-order valence-electron chi connectivity index (χ2n) is 15.8. The molecule has 0 heterocycles. The van der Waals surface area contributed by atoms with Crippen molar-refractivity contribution in [2.24, 2.45) is 62.6 Å². The summed E-state index contributed by atoms with van der Waals surface area (Å²) in [5, 5.41) is 0. The van der Waals surface area contributed by atoms with Crippen LogP contribution in [0.4, 0.5) is 0 Å². The molecule has 0 N–H and O–H groups in total. The van der Waals surface area contributed by atoms with E-state index in [1.165, 1.54) is 57.8 Å². The number of carbonyl (C=O) groups excluding carboxylic acids is 1. The lowest BCUT2D eigenvalue weighted by atomic mass is 9.32. The minimum absolute atomic E-state index is 0.0665. The third-order valence-corrected chi connectivity index (χ3v) is 14.0. The van der Waals surface area contributed by atoms with E-state index < -0.39 is 0 Å². The Labute approximate surface area is 210 Å². The monoisotopic (exact) mass is 470 g/mol. The number of ether oxygens (including phenoxy) is 1. The first-order chi connectivity index (χ1) is 15.7. The molecule has 0 aromatic carbocycles. The molecule has 5 aliphatic rings. The summed E-state index contributed by atoms with van der Waals surface area (Å²) in [6.07, 6.45) is 13.8. The minimum Gasteiger partial charge on any atom is -0.462 e. The number of hydrogen-bond acceptors (Lipinski definition) is 2. The molecule has 0 aliphatic heterocycles. The van der Waals surface area contributed by atoms with Gasteiger partial charge in [0.15, 0.2) is 0 Å². The Morgan fingerprint density at radius 2 is 1.47 bits per heavy atom. The maximum absolute atomic E-state index is 11.9.